The van der Waals surface area contributed by atoms with Crippen LogP contribution in [0.2, 0.25) is 0 Å². The summed E-state index contributed by atoms with van der Waals surface area (Å²) in [6, 6.07) is 9.64. The van der Waals surface area contributed by atoms with Gasteiger partial charge in [-0.25, -0.2) is 17.5 Å². The Balaban J connectivity index is 1.42. The second kappa shape index (κ2) is 7.78. The van der Waals surface area contributed by atoms with E-state index in [-0.39, 0.29) is 23.8 Å². The van der Waals surface area contributed by atoms with Crippen LogP contribution in [0.25, 0.3) is 11.8 Å². The van der Waals surface area contributed by atoms with E-state index in [9.17, 15) is 26.0 Å². The van der Waals surface area contributed by atoms with Crippen LogP contribution in [0.15, 0.2) is 65.2 Å². The Hall–Kier alpha value is -2.98. The van der Waals surface area contributed by atoms with Crippen molar-refractivity contribution in [3.8, 4) is 5.69 Å². The Kier molecular flexibility index (Phi) is 5.21. The molecule has 178 valence electrons. The number of alkyl halides is 3. The Morgan fingerprint density at radius 1 is 1.03 bits per heavy atom. The second-order valence-corrected chi connectivity index (χ2v) is 10.9. The van der Waals surface area contributed by atoms with E-state index in [0.29, 0.717) is 12.8 Å². The molecule has 5 nitrogen and oxygen atoms in total. The zero-order valence-corrected chi connectivity index (χ0v) is 19.0. The van der Waals surface area contributed by atoms with E-state index in [1.165, 1.54) is 16.4 Å². The molecular weight excluding hydrogens is 470 g/mol. The number of hydrogen-bond donors (Lipinski definition) is 0. The van der Waals surface area contributed by atoms with Crippen molar-refractivity contribution in [3.63, 3.8) is 0 Å². The fourth-order valence-electron chi connectivity index (χ4n) is 4.76. The minimum atomic E-state index is -4.53. The molecule has 1 atom stereocenters. The van der Waals surface area contributed by atoms with Gasteiger partial charge in [-0.2, -0.15) is 22.6 Å². The first-order valence-electron chi connectivity index (χ1n) is 10.7. The first-order valence-corrected chi connectivity index (χ1v) is 12.1. The van der Waals surface area contributed by atoms with Crippen LogP contribution in [0.1, 0.15) is 30.2 Å². The van der Waals surface area contributed by atoms with Crippen LogP contribution in [0, 0.1) is 11.2 Å². The number of sulfonamides is 1. The number of aromatic nitrogens is 2. The first-order chi connectivity index (χ1) is 16.0. The van der Waals surface area contributed by atoms with Gasteiger partial charge in [0, 0.05) is 18.5 Å². The summed E-state index contributed by atoms with van der Waals surface area (Å²) in [5.41, 5.74) is 2.29. The van der Waals surface area contributed by atoms with E-state index < -0.39 is 27.2 Å². The molecule has 2 aliphatic rings. The zero-order chi connectivity index (χ0) is 24.3. The van der Waals surface area contributed by atoms with Crippen LogP contribution in [0.4, 0.5) is 17.6 Å². The molecule has 34 heavy (non-hydrogen) atoms. The fraction of sp³-hybridized carbons (Fsp3) is 0.292. The third-order valence-electron chi connectivity index (χ3n) is 6.60. The Bertz CT molecular complexity index is 1380. The molecule has 0 radical (unpaired) electrons. The SMILES string of the molecule is C[C@]12Cc3cnn(-c4ccc(F)cc4)c3C=C1CCN(S(=O)(=O)c1ccc(C(F)(F)F)cc1)C2. The van der Waals surface area contributed by atoms with Crippen LogP contribution < -0.4 is 0 Å². The maximum Gasteiger partial charge on any atom is 0.416 e. The minimum absolute atomic E-state index is 0.155. The fourth-order valence-corrected chi connectivity index (χ4v) is 6.32. The predicted octanol–water partition coefficient (Wildman–Crippen LogP) is 5.07. The number of halogens is 4. The molecule has 3 aromatic rings. The molecule has 0 N–H and O–H groups in total. The van der Waals surface area contributed by atoms with Crippen molar-refractivity contribution in [2.75, 3.05) is 13.1 Å². The summed E-state index contributed by atoms with van der Waals surface area (Å²) in [6.07, 6.45) is 0.287. The molecule has 5 rings (SSSR count). The van der Waals surface area contributed by atoms with E-state index in [1.54, 1.807) is 23.0 Å². The van der Waals surface area contributed by atoms with Gasteiger partial charge >= 0.3 is 6.18 Å². The lowest BCUT2D eigenvalue weighted by Gasteiger charge is -2.43. The second-order valence-electron chi connectivity index (χ2n) is 8.96. The van der Waals surface area contributed by atoms with Gasteiger partial charge < -0.3 is 0 Å². The molecule has 1 aromatic heterocycles. The lowest BCUT2D eigenvalue weighted by molar-refractivity contribution is -0.137. The van der Waals surface area contributed by atoms with E-state index >= 15 is 0 Å². The molecule has 1 aliphatic carbocycles. The molecule has 0 unspecified atom stereocenters. The average Bonchev–Trinajstić information content (AvgIpc) is 3.18. The highest BCUT2D eigenvalue weighted by atomic mass is 32.2. The largest absolute Gasteiger partial charge is 0.416 e. The lowest BCUT2D eigenvalue weighted by atomic mass is 9.70. The molecule has 2 heterocycles. The third-order valence-corrected chi connectivity index (χ3v) is 8.46. The summed E-state index contributed by atoms with van der Waals surface area (Å²) in [5.74, 6) is -0.336. The van der Waals surface area contributed by atoms with Gasteiger partial charge in [-0.15, -0.1) is 0 Å². The van der Waals surface area contributed by atoms with E-state index in [1.807, 2.05) is 13.0 Å². The van der Waals surface area contributed by atoms with Crippen LogP contribution >= 0.6 is 0 Å². The smallest absolute Gasteiger partial charge is 0.233 e. The number of fused-ring (bicyclic) bond motifs is 2. The average molecular weight is 492 g/mol. The molecule has 2 aromatic carbocycles. The summed E-state index contributed by atoms with van der Waals surface area (Å²) in [4.78, 5) is -0.155. The van der Waals surface area contributed by atoms with Crippen molar-refractivity contribution < 1.29 is 26.0 Å². The Labute approximate surface area is 194 Å². The van der Waals surface area contributed by atoms with Crippen molar-refractivity contribution in [1.29, 1.82) is 0 Å². The third kappa shape index (κ3) is 3.84. The number of hydrogen-bond acceptors (Lipinski definition) is 3. The van der Waals surface area contributed by atoms with Crippen molar-refractivity contribution >= 4 is 16.1 Å². The van der Waals surface area contributed by atoms with Gasteiger partial charge in [0.25, 0.3) is 0 Å². The van der Waals surface area contributed by atoms with Gasteiger partial charge in [0.1, 0.15) is 5.82 Å². The summed E-state index contributed by atoms with van der Waals surface area (Å²) in [6.45, 7) is 2.43. The Morgan fingerprint density at radius 3 is 2.35 bits per heavy atom. The van der Waals surface area contributed by atoms with Crippen molar-refractivity contribution in [3.05, 3.63) is 82.9 Å². The topological polar surface area (TPSA) is 55.2 Å². The van der Waals surface area contributed by atoms with E-state index in [2.05, 4.69) is 5.10 Å². The highest BCUT2D eigenvalue weighted by Crippen LogP contribution is 2.45. The van der Waals surface area contributed by atoms with Crippen LogP contribution in [0.5, 0.6) is 0 Å². The molecular formula is C24H21F4N3O2S. The van der Waals surface area contributed by atoms with Gasteiger partial charge in [-0.05, 0) is 73.0 Å². The number of nitrogens with zero attached hydrogens (tertiary/aromatic N) is 3. The van der Waals surface area contributed by atoms with Crippen LogP contribution in [0.3, 0.4) is 0 Å². The number of benzene rings is 2. The monoisotopic (exact) mass is 491 g/mol. The highest BCUT2D eigenvalue weighted by Gasteiger charge is 2.43. The lowest BCUT2D eigenvalue weighted by Crippen LogP contribution is -2.47. The molecule has 0 amide bonds. The molecule has 0 saturated carbocycles. The van der Waals surface area contributed by atoms with E-state index in [0.717, 1.165) is 46.8 Å². The molecule has 10 heteroatoms. The summed E-state index contributed by atoms with van der Waals surface area (Å²) < 4.78 is 81.4. The van der Waals surface area contributed by atoms with Gasteiger partial charge in [0.05, 0.1) is 28.0 Å². The summed E-state index contributed by atoms with van der Waals surface area (Å²) in [7, 11) is -3.95. The van der Waals surface area contributed by atoms with E-state index in [4.69, 9.17) is 0 Å². The van der Waals surface area contributed by atoms with Gasteiger partial charge in [0.2, 0.25) is 10.0 Å². The van der Waals surface area contributed by atoms with Crippen LogP contribution in [-0.2, 0) is 22.6 Å². The maximum atomic E-state index is 13.3. The number of rotatable bonds is 3. The van der Waals surface area contributed by atoms with Crippen LogP contribution in [-0.4, -0.2) is 35.6 Å². The Morgan fingerprint density at radius 2 is 1.71 bits per heavy atom. The maximum absolute atomic E-state index is 13.3. The summed E-state index contributed by atoms with van der Waals surface area (Å²) >= 11 is 0. The first kappa shape index (κ1) is 22.8. The molecule has 0 bridgehead atoms. The van der Waals surface area contributed by atoms with Gasteiger partial charge in [-0.3, -0.25) is 0 Å². The molecule has 1 aliphatic heterocycles. The van der Waals surface area contributed by atoms with Crippen molar-refractivity contribution in [2.24, 2.45) is 5.41 Å². The van der Waals surface area contributed by atoms with Crippen molar-refractivity contribution in [1.82, 2.24) is 14.1 Å². The molecule has 1 fully saturated rings. The van der Waals surface area contributed by atoms with Gasteiger partial charge in [-0.1, -0.05) is 12.5 Å². The normalized spacial score (nSPS) is 21.0. The minimum Gasteiger partial charge on any atom is -0.233 e. The quantitative estimate of drug-likeness (QED) is 0.481. The standard InChI is InChI=1S/C24H21F4N3O2S/c1-23-13-16-14-29-31(20-6-4-19(25)5-7-20)22(16)12-18(23)10-11-30(15-23)34(32,33)21-8-2-17(3-9-21)24(26,27)28/h2-9,12,14H,10-11,13,15H2,1H3/t23-/m1/s1. The van der Waals surface area contributed by atoms with Gasteiger partial charge in [0.15, 0.2) is 0 Å². The predicted molar refractivity (Wildman–Crippen MR) is 118 cm³/mol. The van der Waals surface area contributed by atoms with Crippen molar-refractivity contribution in [2.45, 2.75) is 30.8 Å². The zero-order valence-electron chi connectivity index (χ0n) is 18.2. The molecule has 0 spiro atoms. The number of piperidine rings is 1. The molecule has 1 saturated heterocycles. The summed E-state index contributed by atoms with van der Waals surface area (Å²) in [5, 5.41) is 4.46. The highest BCUT2D eigenvalue weighted by molar-refractivity contribution is 7.89.